The number of hydrogen-bond acceptors (Lipinski definition) is 5. The standard InChI is InChI=1S/C19H23BrF2N4O5/c1-9(2)14(25-18(30)31-3)17(29)26-8-19(21,22)7-13(26)16(28)24-12-5-4-10(20)6-11(12)15(23)27/h4-6,9,13-14H,7-8H2,1-3H3,(H2,23,27)(H,24,28)(H,25,30)/t13-,14-/m0/s1. The third kappa shape index (κ3) is 5.90. The van der Waals surface area contributed by atoms with Gasteiger partial charge in [0.05, 0.1) is 24.9 Å². The normalized spacial score (nSPS) is 18.4. The smallest absolute Gasteiger partial charge is 0.407 e. The maximum absolute atomic E-state index is 14.2. The van der Waals surface area contributed by atoms with E-state index in [0.717, 1.165) is 12.0 Å². The Morgan fingerprint density at radius 1 is 1.29 bits per heavy atom. The van der Waals surface area contributed by atoms with Gasteiger partial charge >= 0.3 is 6.09 Å². The van der Waals surface area contributed by atoms with E-state index in [0.29, 0.717) is 4.47 Å². The average molecular weight is 505 g/mol. The average Bonchev–Trinajstić information content (AvgIpc) is 3.02. The van der Waals surface area contributed by atoms with Crippen LogP contribution in [0.2, 0.25) is 0 Å². The van der Waals surface area contributed by atoms with E-state index >= 15 is 0 Å². The monoisotopic (exact) mass is 504 g/mol. The first kappa shape index (κ1) is 24.5. The van der Waals surface area contributed by atoms with E-state index < -0.39 is 60.7 Å². The number of amides is 4. The fraction of sp³-hybridized carbons (Fsp3) is 0.474. The van der Waals surface area contributed by atoms with Crippen LogP contribution in [0.4, 0.5) is 19.3 Å². The molecule has 0 radical (unpaired) electrons. The van der Waals surface area contributed by atoms with Gasteiger partial charge in [-0.15, -0.1) is 0 Å². The molecule has 0 saturated carbocycles. The highest BCUT2D eigenvalue weighted by Crippen LogP contribution is 2.34. The molecular formula is C19H23BrF2N4O5. The summed E-state index contributed by atoms with van der Waals surface area (Å²) < 4.78 is 33.4. The number of anilines is 1. The van der Waals surface area contributed by atoms with Crippen LogP contribution in [0.5, 0.6) is 0 Å². The number of ether oxygens (including phenoxy) is 1. The van der Waals surface area contributed by atoms with Crippen LogP contribution in [-0.4, -0.2) is 60.4 Å². The van der Waals surface area contributed by atoms with E-state index in [1.807, 2.05) is 0 Å². The van der Waals surface area contributed by atoms with Crippen LogP contribution >= 0.6 is 15.9 Å². The second-order valence-electron chi connectivity index (χ2n) is 7.44. The first-order valence-corrected chi connectivity index (χ1v) is 10.1. The van der Waals surface area contributed by atoms with Crippen molar-refractivity contribution in [1.29, 1.82) is 0 Å². The number of nitrogens with two attached hydrogens (primary N) is 1. The number of carbonyl (C=O) groups excluding carboxylic acids is 4. The minimum absolute atomic E-state index is 0.0245. The molecular weight excluding hydrogens is 482 g/mol. The van der Waals surface area contributed by atoms with Crippen LogP contribution < -0.4 is 16.4 Å². The number of hydrogen-bond donors (Lipinski definition) is 3. The van der Waals surface area contributed by atoms with Crippen molar-refractivity contribution in [2.75, 3.05) is 19.0 Å². The van der Waals surface area contributed by atoms with E-state index in [1.54, 1.807) is 13.8 Å². The SMILES string of the molecule is COC(=O)N[C@H](C(=O)N1CC(F)(F)C[C@H]1C(=O)Nc1ccc(Br)cc1C(N)=O)C(C)C. The molecule has 0 spiro atoms. The van der Waals surface area contributed by atoms with Gasteiger partial charge in [0.15, 0.2) is 0 Å². The molecule has 31 heavy (non-hydrogen) atoms. The highest BCUT2D eigenvalue weighted by Gasteiger charge is 2.51. The summed E-state index contributed by atoms with van der Waals surface area (Å²) in [5.74, 6) is -6.35. The zero-order chi connectivity index (χ0) is 23.5. The third-order valence-electron chi connectivity index (χ3n) is 4.75. The third-order valence-corrected chi connectivity index (χ3v) is 5.25. The number of alkyl halides is 2. The molecule has 0 aliphatic carbocycles. The second-order valence-corrected chi connectivity index (χ2v) is 8.36. The molecule has 1 fully saturated rings. The number of halogens is 3. The highest BCUT2D eigenvalue weighted by atomic mass is 79.9. The van der Waals surface area contributed by atoms with Crippen LogP contribution in [-0.2, 0) is 14.3 Å². The molecule has 1 aliphatic rings. The lowest BCUT2D eigenvalue weighted by molar-refractivity contribution is -0.139. The molecule has 1 saturated heterocycles. The minimum Gasteiger partial charge on any atom is -0.453 e. The summed E-state index contributed by atoms with van der Waals surface area (Å²) in [6.07, 6.45) is -1.81. The molecule has 4 amide bonds. The molecule has 1 aliphatic heterocycles. The summed E-state index contributed by atoms with van der Waals surface area (Å²) in [5.41, 5.74) is 5.31. The number of carbonyl (C=O) groups is 4. The Balaban J connectivity index is 2.31. The van der Waals surface area contributed by atoms with Gasteiger partial charge in [0, 0.05) is 10.9 Å². The van der Waals surface area contributed by atoms with Crippen molar-refractivity contribution in [3.05, 3.63) is 28.2 Å². The number of primary amides is 1. The first-order valence-electron chi connectivity index (χ1n) is 9.29. The molecule has 1 aromatic carbocycles. The van der Waals surface area contributed by atoms with E-state index in [2.05, 4.69) is 31.3 Å². The van der Waals surface area contributed by atoms with Gasteiger partial charge in [-0.2, -0.15) is 0 Å². The van der Waals surface area contributed by atoms with Gasteiger partial charge in [0.25, 0.3) is 11.8 Å². The van der Waals surface area contributed by atoms with E-state index in [-0.39, 0.29) is 11.3 Å². The van der Waals surface area contributed by atoms with Crippen molar-refractivity contribution in [3.8, 4) is 0 Å². The van der Waals surface area contributed by atoms with Gasteiger partial charge in [0.2, 0.25) is 11.8 Å². The number of nitrogens with zero attached hydrogens (tertiary/aromatic N) is 1. The zero-order valence-electron chi connectivity index (χ0n) is 17.1. The van der Waals surface area contributed by atoms with Crippen LogP contribution in [0, 0.1) is 5.92 Å². The van der Waals surface area contributed by atoms with Gasteiger partial charge in [-0.3, -0.25) is 14.4 Å². The maximum Gasteiger partial charge on any atom is 0.407 e. The number of alkyl carbamates (subject to hydrolysis) is 1. The lowest BCUT2D eigenvalue weighted by Crippen LogP contribution is -2.54. The quantitative estimate of drug-likeness (QED) is 0.545. The van der Waals surface area contributed by atoms with Crippen molar-refractivity contribution >= 4 is 45.4 Å². The molecule has 9 nitrogen and oxygen atoms in total. The predicted molar refractivity (Wildman–Crippen MR) is 111 cm³/mol. The van der Waals surface area contributed by atoms with Crippen molar-refractivity contribution in [2.45, 2.75) is 38.3 Å². The summed E-state index contributed by atoms with van der Waals surface area (Å²) in [7, 11) is 1.10. The molecule has 0 unspecified atom stereocenters. The summed E-state index contributed by atoms with van der Waals surface area (Å²) in [4.78, 5) is 49.8. The summed E-state index contributed by atoms with van der Waals surface area (Å²) in [6, 6.07) is 1.60. The van der Waals surface area contributed by atoms with Gasteiger partial charge in [0.1, 0.15) is 12.1 Å². The largest absolute Gasteiger partial charge is 0.453 e. The molecule has 12 heteroatoms. The van der Waals surface area contributed by atoms with Gasteiger partial charge < -0.3 is 26.0 Å². The molecule has 2 rings (SSSR count). The van der Waals surface area contributed by atoms with Crippen molar-refractivity contribution in [2.24, 2.45) is 11.7 Å². The number of likely N-dealkylation sites (tertiary alicyclic amines) is 1. The predicted octanol–water partition coefficient (Wildman–Crippen LogP) is 2.10. The molecule has 4 N–H and O–H groups in total. The Morgan fingerprint density at radius 3 is 2.48 bits per heavy atom. The highest BCUT2D eigenvalue weighted by molar-refractivity contribution is 9.10. The lowest BCUT2D eigenvalue weighted by Gasteiger charge is -2.29. The van der Waals surface area contributed by atoms with E-state index in [4.69, 9.17) is 5.73 Å². The van der Waals surface area contributed by atoms with Crippen LogP contribution in [0.3, 0.4) is 0 Å². The second kappa shape index (κ2) is 9.58. The molecule has 1 heterocycles. The van der Waals surface area contributed by atoms with Gasteiger partial charge in [-0.05, 0) is 24.1 Å². The summed E-state index contributed by atoms with van der Waals surface area (Å²) >= 11 is 3.18. The van der Waals surface area contributed by atoms with Crippen LogP contribution in [0.1, 0.15) is 30.6 Å². The molecule has 1 aromatic rings. The Hall–Kier alpha value is -2.76. The van der Waals surface area contributed by atoms with Crippen molar-refractivity contribution in [1.82, 2.24) is 10.2 Å². The van der Waals surface area contributed by atoms with Gasteiger partial charge in [-0.25, -0.2) is 13.6 Å². The Kier molecular flexibility index (Phi) is 7.58. The van der Waals surface area contributed by atoms with E-state index in [9.17, 15) is 28.0 Å². The van der Waals surface area contributed by atoms with E-state index in [1.165, 1.54) is 18.2 Å². The Morgan fingerprint density at radius 2 is 1.94 bits per heavy atom. The summed E-state index contributed by atoms with van der Waals surface area (Å²) in [6.45, 7) is 2.24. The summed E-state index contributed by atoms with van der Waals surface area (Å²) in [5, 5.41) is 4.72. The minimum atomic E-state index is -3.31. The van der Waals surface area contributed by atoms with Crippen LogP contribution in [0.25, 0.3) is 0 Å². The van der Waals surface area contributed by atoms with Crippen molar-refractivity contribution in [3.63, 3.8) is 0 Å². The number of methoxy groups -OCH3 is 1. The topological polar surface area (TPSA) is 131 Å². The molecule has 170 valence electrons. The first-order chi connectivity index (χ1) is 14.4. The Labute approximate surface area is 185 Å². The fourth-order valence-corrected chi connectivity index (χ4v) is 3.57. The number of nitrogens with one attached hydrogen (secondary N) is 2. The zero-order valence-corrected chi connectivity index (χ0v) is 18.7. The molecule has 2 atom stereocenters. The number of rotatable bonds is 6. The molecule has 0 aromatic heterocycles. The lowest BCUT2D eigenvalue weighted by atomic mass is 10.0. The Bertz CT molecular complexity index is 896. The van der Waals surface area contributed by atoms with Crippen LogP contribution in [0.15, 0.2) is 22.7 Å². The molecule has 0 bridgehead atoms. The maximum atomic E-state index is 14.2. The number of benzene rings is 1. The van der Waals surface area contributed by atoms with Crippen molar-refractivity contribution < 1.29 is 32.7 Å². The van der Waals surface area contributed by atoms with Gasteiger partial charge in [-0.1, -0.05) is 29.8 Å². The fourth-order valence-electron chi connectivity index (χ4n) is 3.21.